The molecule has 1 aromatic carbocycles. The average molecular weight is 264 g/mol. The summed E-state index contributed by atoms with van der Waals surface area (Å²) in [6.45, 7) is 4.32. The molecule has 1 fully saturated rings. The van der Waals surface area contributed by atoms with Gasteiger partial charge in [-0.25, -0.2) is 0 Å². The Labute approximate surface area is 112 Å². The number of carbonyl (C=O) groups is 1. The molecule has 0 radical (unpaired) electrons. The Bertz CT molecular complexity index is 469. The maximum Gasteiger partial charge on any atom is 0.253 e. The van der Waals surface area contributed by atoms with E-state index in [0.29, 0.717) is 24.3 Å². The van der Waals surface area contributed by atoms with Crippen LogP contribution in [0, 0.1) is 6.92 Å². The molecule has 1 saturated heterocycles. The molecule has 1 aliphatic rings. The Hall–Kier alpha value is -1.59. The number of aryl methyl sites for hydroxylation is 1. The molecule has 0 saturated carbocycles. The molecular formula is C14H20N2O3. The molecule has 2 unspecified atom stereocenters. The van der Waals surface area contributed by atoms with Crippen molar-refractivity contribution in [3.8, 4) is 0 Å². The van der Waals surface area contributed by atoms with E-state index in [1.54, 1.807) is 13.0 Å². The van der Waals surface area contributed by atoms with Crippen molar-refractivity contribution in [1.29, 1.82) is 0 Å². The number of aliphatic hydroxyl groups is 1. The molecule has 104 valence electrons. The van der Waals surface area contributed by atoms with Crippen LogP contribution in [0.5, 0.6) is 0 Å². The van der Waals surface area contributed by atoms with Gasteiger partial charge in [0.05, 0.1) is 11.7 Å². The molecule has 1 amide bonds. The molecule has 1 aliphatic heterocycles. The molecule has 1 aromatic rings. The van der Waals surface area contributed by atoms with Gasteiger partial charge >= 0.3 is 0 Å². The van der Waals surface area contributed by atoms with Gasteiger partial charge < -0.3 is 20.9 Å². The molecular weight excluding hydrogens is 244 g/mol. The lowest BCUT2D eigenvalue weighted by Crippen LogP contribution is -2.47. The van der Waals surface area contributed by atoms with E-state index < -0.39 is 5.60 Å². The Balaban J connectivity index is 2.06. The molecule has 1 heterocycles. The molecule has 19 heavy (non-hydrogen) atoms. The summed E-state index contributed by atoms with van der Waals surface area (Å²) >= 11 is 0. The summed E-state index contributed by atoms with van der Waals surface area (Å²) in [5.74, 6) is -0.261. The van der Waals surface area contributed by atoms with Crippen molar-refractivity contribution in [1.82, 2.24) is 5.32 Å². The van der Waals surface area contributed by atoms with Crippen molar-refractivity contribution in [3.63, 3.8) is 0 Å². The molecule has 2 atom stereocenters. The van der Waals surface area contributed by atoms with E-state index in [0.717, 1.165) is 5.56 Å². The molecule has 2 rings (SSSR count). The lowest BCUT2D eigenvalue weighted by Gasteiger charge is -2.26. The minimum Gasteiger partial charge on any atom is -0.398 e. The van der Waals surface area contributed by atoms with Gasteiger partial charge in [0, 0.05) is 25.3 Å². The number of nitrogens with two attached hydrogens (primary N) is 1. The van der Waals surface area contributed by atoms with E-state index in [4.69, 9.17) is 10.5 Å². The number of amides is 1. The van der Waals surface area contributed by atoms with Crippen molar-refractivity contribution >= 4 is 11.6 Å². The number of nitrogens with one attached hydrogen (secondary N) is 1. The maximum absolute atomic E-state index is 12.1. The monoisotopic (exact) mass is 264 g/mol. The number of hydrogen-bond acceptors (Lipinski definition) is 4. The molecule has 5 nitrogen and oxygen atoms in total. The Morgan fingerprint density at radius 1 is 1.63 bits per heavy atom. The van der Waals surface area contributed by atoms with Crippen molar-refractivity contribution in [2.75, 3.05) is 18.9 Å². The second-order valence-electron chi connectivity index (χ2n) is 5.09. The van der Waals surface area contributed by atoms with Gasteiger partial charge in [0.1, 0.15) is 5.60 Å². The SMILES string of the molecule is Cc1cccc(N)c1C(=O)NCC1(O)CCOC1C. The molecule has 0 spiro atoms. The van der Waals surface area contributed by atoms with E-state index in [-0.39, 0.29) is 18.6 Å². The zero-order valence-corrected chi connectivity index (χ0v) is 11.3. The quantitative estimate of drug-likeness (QED) is 0.706. The summed E-state index contributed by atoms with van der Waals surface area (Å²) < 4.78 is 5.33. The topological polar surface area (TPSA) is 84.6 Å². The van der Waals surface area contributed by atoms with Crippen LogP contribution >= 0.6 is 0 Å². The normalized spacial score (nSPS) is 26.4. The summed E-state index contributed by atoms with van der Waals surface area (Å²) in [6, 6.07) is 5.33. The Morgan fingerprint density at radius 3 is 2.95 bits per heavy atom. The zero-order valence-electron chi connectivity index (χ0n) is 11.3. The third-order valence-corrected chi connectivity index (χ3v) is 3.75. The minimum atomic E-state index is -0.993. The van der Waals surface area contributed by atoms with E-state index >= 15 is 0 Å². The first-order chi connectivity index (χ1) is 8.94. The third kappa shape index (κ3) is 2.72. The number of nitrogen functional groups attached to an aromatic ring is 1. The lowest BCUT2D eigenvalue weighted by molar-refractivity contribution is -0.0251. The molecule has 0 bridgehead atoms. The highest BCUT2D eigenvalue weighted by atomic mass is 16.5. The van der Waals surface area contributed by atoms with Crippen LogP contribution in [0.4, 0.5) is 5.69 Å². The van der Waals surface area contributed by atoms with Crippen molar-refractivity contribution in [2.24, 2.45) is 0 Å². The average Bonchev–Trinajstić information content (AvgIpc) is 2.67. The van der Waals surface area contributed by atoms with Crippen LogP contribution < -0.4 is 11.1 Å². The number of anilines is 1. The van der Waals surface area contributed by atoms with E-state index in [9.17, 15) is 9.90 Å². The van der Waals surface area contributed by atoms with Crippen molar-refractivity contribution < 1.29 is 14.6 Å². The van der Waals surface area contributed by atoms with Gasteiger partial charge in [0.25, 0.3) is 5.91 Å². The van der Waals surface area contributed by atoms with Crippen LogP contribution in [0.25, 0.3) is 0 Å². The number of ether oxygens (including phenoxy) is 1. The molecule has 4 N–H and O–H groups in total. The van der Waals surface area contributed by atoms with Gasteiger partial charge in [0.15, 0.2) is 0 Å². The summed E-state index contributed by atoms with van der Waals surface area (Å²) in [5.41, 5.74) is 6.56. The zero-order chi connectivity index (χ0) is 14.0. The molecule has 0 aliphatic carbocycles. The fraction of sp³-hybridized carbons (Fsp3) is 0.500. The van der Waals surface area contributed by atoms with E-state index in [2.05, 4.69) is 5.32 Å². The van der Waals surface area contributed by atoms with Crippen LogP contribution in [-0.2, 0) is 4.74 Å². The number of benzene rings is 1. The number of rotatable bonds is 3. The summed E-state index contributed by atoms with van der Waals surface area (Å²) in [6.07, 6.45) is 0.250. The molecule has 5 heteroatoms. The van der Waals surface area contributed by atoms with Gasteiger partial charge in [-0.2, -0.15) is 0 Å². The van der Waals surface area contributed by atoms with Crippen LogP contribution in [0.3, 0.4) is 0 Å². The minimum absolute atomic E-state index is 0.167. The Morgan fingerprint density at radius 2 is 2.37 bits per heavy atom. The summed E-state index contributed by atoms with van der Waals surface area (Å²) in [5, 5.41) is 13.1. The smallest absolute Gasteiger partial charge is 0.253 e. The largest absolute Gasteiger partial charge is 0.398 e. The highest BCUT2D eigenvalue weighted by molar-refractivity contribution is 6.00. The second kappa shape index (κ2) is 5.19. The fourth-order valence-electron chi connectivity index (χ4n) is 2.33. The molecule has 0 aromatic heterocycles. The van der Waals surface area contributed by atoms with Crippen LogP contribution in [0.1, 0.15) is 29.3 Å². The first-order valence-corrected chi connectivity index (χ1v) is 6.41. The van der Waals surface area contributed by atoms with Crippen LogP contribution in [0.15, 0.2) is 18.2 Å². The predicted molar refractivity (Wildman–Crippen MR) is 72.9 cm³/mol. The second-order valence-corrected chi connectivity index (χ2v) is 5.09. The number of carbonyl (C=O) groups excluding carboxylic acids is 1. The number of hydrogen-bond donors (Lipinski definition) is 3. The van der Waals surface area contributed by atoms with Gasteiger partial charge in [-0.15, -0.1) is 0 Å². The first kappa shape index (κ1) is 13.8. The first-order valence-electron chi connectivity index (χ1n) is 6.41. The predicted octanol–water partition coefficient (Wildman–Crippen LogP) is 0.847. The van der Waals surface area contributed by atoms with Gasteiger partial charge in [-0.05, 0) is 25.5 Å². The van der Waals surface area contributed by atoms with Gasteiger partial charge in [-0.3, -0.25) is 4.79 Å². The van der Waals surface area contributed by atoms with Crippen LogP contribution in [-0.4, -0.2) is 35.9 Å². The highest BCUT2D eigenvalue weighted by Gasteiger charge is 2.39. The fourth-order valence-corrected chi connectivity index (χ4v) is 2.33. The van der Waals surface area contributed by atoms with E-state index in [1.165, 1.54) is 0 Å². The van der Waals surface area contributed by atoms with Crippen molar-refractivity contribution in [3.05, 3.63) is 29.3 Å². The Kier molecular flexibility index (Phi) is 3.78. The maximum atomic E-state index is 12.1. The highest BCUT2D eigenvalue weighted by Crippen LogP contribution is 2.25. The van der Waals surface area contributed by atoms with Gasteiger partial charge in [-0.1, -0.05) is 12.1 Å². The lowest BCUT2D eigenvalue weighted by atomic mass is 9.96. The van der Waals surface area contributed by atoms with Gasteiger partial charge in [0.2, 0.25) is 0 Å². The summed E-state index contributed by atoms with van der Waals surface area (Å²) in [7, 11) is 0. The van der Waals surface area contributed by atoms with Crippen LogP contribution in [0.2, 0.25) is 0 Å². The third-order valence-electron chi connectivity index (χ3n) is 3.75. The van der Waals surface area contributed by atoms with E-state index in [1.807, 2.05) is 19.1 Å². The van der Waals surface area contributed by atoms with Crippen molar-refractivity contribution in [2.45, 2.75) is 32.0 Å². The summed E-state index contributed by atoms with van der Waals surface area (Å²) in [4.78, 5) is 12.1. The standard InChI is InChI=1S/C14H20N2O3/c1-9-4-3-5-11(15)12(9)13(17)16-8-14(18)6-7-19-10(14)2/h3-5,10,18H,6-8,15H2,1-2H3,(H,16,17).